The van der Waals surface area contributed by atoms with Crippen molar-refractivity contribution in [3.63, 3.8) is 0 Å². The third kappa shape index (κ3) is 2.55. The molecule has 1 aromatic rings. The molecule has 0 aromatic carbocycles. The maximum Gasteiger partial charge on any atom is 0.0401 e. The molecular formula is C8H13BrN2S. The second kappa shape index (κ2) is 4.97. The topological polar surface area (TPSA) is 52.0 Å². The van der Waals surface area contributed by atoms with E-state index < -0.39 is 0 Å². The first kappa shape index (κ1) is 10.2. The minimum Gasteiger partial charge on any atom is -0.330 e. The lowest BCUT2D eigenvalue weighted by Gasteiger charge is -2.08. The first-order chi connectivity index (χ1) is 5.75. The molecule has 1 rings (SSSR count). The van der Waals surface area contributed by atoms with Crippen LogP contribution in [0.25, 0.3) is 0 Å². The zero-order valence-corrected chi connectivity index (χ0v) is 9.20. The Hall–Kier alpha value is 0.100. The average molecular weight is 249 g/mol. The van der Waals surface area contributed by atoms with Gasteiger partial charge in [-0.15, -0.1) is 11.3 Å². The fourth-order valence-electron chi connectivity index (χ4n) is 1.04. The van der Waals surface area contributed by atoms with E-state index in [1.165, 1.54) is 4.88 Å². The Labute approximate surface area is 85.1 Å². The molecule has 2 nitrogen and oxygen atoms in total. The zero-order chi connectivity index (χ0) is 8.97. The lowest BCUT2D eigenvalue weighted by Crippen LogP contribution is -2.11. The number of thiophene rings is 1. The van der Waals surface area contributed by atoms with Crippen molar-refractivity contribution >= 4 is 27.3 Å². The standard InChI is InChI=1S/C8H13BrN2S/c9-6-3-5-12-8(6)7(11)2-1-4-10/h3,5,7H,1-2,4,10-11H2/t7-/m1/s1. The van der Waals surface area contributed by atoms with E-state index in [0.717, 1.165) is 23.9 Å². The van der Waals surface area contributed by atoms with Crippen molar-refractivity contribution in [1.29, 1.82) is 0 Å². The highest BCUT2D eigenvalue weighted by Crippen LogP contribution is 2.29. The van der Waals surface area contributed by atoms with Crippen LogP contribution in [0.3, 0.4) is 0 Å². The zero-order valence-electron chi connectivity index (χ0n) is 6.79. The average Bonchev–Trinajstić information content (AvgIpc) is 2.47. The summed E-state index contributed by atoms with van der Waals surface area (Å²) in [7, 11) is 0. The number of halogens is 1. The highest BCUT2D eigenvalue weighted by molar-refractivity contribution is 9.10. The minimum atomic E-state index is 0.142. The fraction of sp³-hybridized carbons (Fsp3) is 0.500. The summed E-state index contributed by atoms with van der Waals surface area (Å²) in [4.78, 5) is 1.23. The van der Waals surface area contributed by atoms with Gasteiger partial charge in [-0.2, -0.15) is 0 Å². The second-order valence-electron chi connectivity index (χ2n) is 2.67. The van der Waals surface area contributed by atoms with Crippen molar-refractivity contribution in [3.05, 3.63) is 20.8 Å². The van der Waals surface area contributed by atoms with Gasteiger partial charge in [0.15, 0.2) is 0 Å². The molecule has 0 saturated heterocycles. The summed E-state index contributed by atoms with van der Waals surface area (Å²) in [6, 6.07) is 2.17. The van der Waals surface area contributed by atoms with Crippen molar-refractivity contribution in [2.45, 2.75) is 18.9 Å². The van der Waals surface area contributed by atoms with E-state index in [-0.39, 0.29) is 6.04 Å². The molecule has 4 N–H and O–H groups in total. The Bertz CT molecular complexity index is 237. The quantitative estimate of drug-likeness (QED) is 0.859. The van der Waals surface area contributed by atoms with Gasteiger partial charge in [-0.3, -0.25) is 0 Å². The molecule has 1 heterocycles. The van der Waals surface area contributed by atoms with Crippen LogP contribution in [-0.4, -0.2) is 6.54 Å². The first-order valence-corrected chi connectivity index (χ1v) is 5.61. The Balaban J connectivity index is 2.52. The molecule has 0 amide bonds. The van der Waals surface area contributed by atoms with Gasteiger partial charge in [0.1, 0.15) is 0 Å². The van der Waals surface area contributed by atoms with Gasteiger partial charge in [0.25, 0.3) is 0 Å². The molecule has 0 unspecified atom stereocenters. The summed E-state index contributed by atoms with van der Waals surface area (Å²) in [5.41, 5.74) is 11.4. The summed E-state index contributed by atoms with van der Waals surface area (Å²) in [6.07, 6.45) is 1.96. The van der Waals surface area contributed by atoms with Crippen LogP contribution in [0.1, 0.15) is 23.8 Å². The van der Waals surface area contributed by atoms with E-state index >= 15 is 0 Å². The molecule has 0 aliphatic carbocycles. The third-order valence-corrected chi connectivity index (χ3v) is 3.70. The predicted octanol–water partition coefficient (Wildman–Crippen LogP) is 2.25. The first-order valence-electron chi connectivity index (χ1n) is 3.94. The molecule has 0 fully saturated rings. The van der Waals surface area contributed by atoms with Gasteiger partial charge in [-0.25, -0.2) is 0 Å². The highest BCUT2D eigenvalue weighted by Gasteiger charge is 2.09. The van der Waals surface area contributed by atoms with Gasteiger partial charge >= 0.3 is 0 Å². The van der Waals surface area contributed by atoms with Crippen molar-refractivity contribution in [1.82, 2.24) is 0 Å². The van der Waals surface area contributed by atoms with Gasteiger partial charge in [0.2, 0.25) is 0 Å². The smallest absolute Gasteiger partial charge is 0.0401 e. The molecule has 0 spiro atoms. The van der Waals surface area contributed by atoms with E-state index in [4.69, 9.17) is 11.5 Å². The number of hydrogen-bond acceptors (Lipinski definition) is 3. The molecule has 1 atom stereocenters. The van der Waals surface area contributed by atoms with Gasteiger partial charge in [0, 0.05) is 15.4 Å². The largest absolute Gasteiger partial charge is 0.330 e. The predicted molar refractivity (Wildman–Crippen MR) is 57.2 cm³/mol. The summed E-state index contributed by atoms with van der Waals surface area (Å²) in [5.74, 6) is 0. The van der Waals surface area contributed by atoms with Crippen molar-refractivity contribution in [2.24, 2.45) is 11.5 Å². The molecule has 0 aliphatic heterocycles. The van der Waals surface area contributed by atoms with Gasteiger partial charge < -0.3 is 11.5 Å². The Morgan fingerprint density at radius 2 is 2.33 bits per heavy atom. The monoisotopic (exact) mass is 248 g/mol. The van der Waals surface area contributed by atoms with Crippen molar-refractivity contribution in [3.8, 4) is 0 Å². The van der Waals surface area contributed by atoms with Crippen LogP contribution in [0, 0.1) is 0 Å². The number of rotatable bonds is 4. The van der Waals surface area contributed by atoms with Crippen LogP contribution in [0.15, 0.2) is 15.9 Å². The van der Waals surface area contributed by atoms with E-state index in [0.29, 0.717) is 0 Å². The molecular weight excluding hydrogens is 236 g/mol. The SMILES string of the molecule is NCCC[C@@H](N)c1sccc1Br. The van der Waals surface area contributed by atoms with Crippen LogP contribution in [0.2, 0.25) is 0 Å². The van der Waals surface area contributed by atoms with E-state index in [2.05, 4.69) is 15.9 Å². The molecule has 0 aliphatic rings. The summed E-state index contributed by atoms with van der Waals surface area (Å²) >= 11 is 5.15. The molecule has 12 heavy (non-hydrogen) atoms. The van der Waals surface area contributed by atoms with Gasteiger partial charge in [-0.05, 0) is 46.8 Å². The van der Waals surface area contributed by atoms with Crippen LogP contribution in [0.4, 0.5) is 0 Å². The normalized spacial score (nSPS) is 13.2. The van der Waals surface area contributed by atoms with E-state index in [1.54, 1.807) is 11.3 Å². The maximum atomic E-state index is 5.95. The number of nitrogens with two attached hydrogens (primary N) is 2. The van der Waals surface area contributed by atoms with Crippen LogP contribution < -0.4 is 11.5 Å². The minimum absolute atomic E-state index is 0.142. The van der Waals surface area contributed by atoms with Crippen LogP contribution in [-0.2, 0) is 0 Å². The lowest BCUT2D eigenvalue weighted by molar-refractivity contribution is 0.625. The van der Waals surface area contributed by atoms with Crippen molar-refractivity contribution in [2.75, 3.05) is 6.54 Å². The molecule has 0 radical (unpaired) electrons. The summed E-state index contributed by atoms with van der Waals surface area (Å²) in [6.45, 7) is 0.719. The summed E-state index contributed by atoms with van der Waals surface area (Å²) < 4.78 is 1.12. The second-order valence-corrected chi connectivity index (χ2v) is 4.47. The molecule has 0 saturated carbocycles. The third-order valence-electron chi connectivity index (χ3n) is 1.70. The maximum absolute atomic E-state index is 5.95. The molecule has 1 aromatic heterocycles. The van der Waals surface area contributed by atoms with E-state index in [1.807, 2.05) is 11.4 Å². The Morgan fingerprint density at radius 1 is 1.58 bits per heavy atom. The van der Waals surface area contributed by atoms with Gasteiger partial charge in [0.05, 0.1) is 0 Å². The van der Waals surface area contributed by atoms with Crippen LogP contribution >= 0.6 is 27.3 Å². The Morgan fingerprint density at radius 3 is 2.83 bits per heavy atom. The van der Waals surface area contributed by atoms with Crippen molar-refractivity contribution < 1.29 is 0 Å². The highest BCUT2D eigenvalue weighted by atomic mass is 79.9. The molecule has 0 bridgehead atoms. The van der Waals surface area contributed by atoms with E-state index in [9.17, 15) is 0 Å². The van der Waals surface area contributed by atoms with Gasteiger partial charge in [-0.1, -0.05) is 0 Å². The Kier molecular flexibility index (Phi) is 4.21. The number of hydrogen-bond donors (Lipinski definition) is 2. The lowest BCUT2D eigenvalue weighted by atomic mass is 10.1. The fourth-order valence-corrected chi connectivity index (χ4v) is 2.74. The van der Waals surface area contributed by atoms with Crippen LogP contribution in [0.5, 0.6) is 0 Å². The molecule has 68 valence electrons. The molecule has 4 heteroatoms. The summed E-state index contributed by atoms with van der Waals surface area (Å²) in [5, 5.41) is 2.04.